The molecule has 0 fully saturated rings. The number of nitrogens with zero attached hydrogens (tertiary/aromatic N) is 2. The van der Waals surface area contributed by atoms with E-state index in [2.05, 4.69) is 10.3 Å². The van der Waals surface area contributed by atoms with E-state index in [0.29, 0.717) is 16.4 Å². The van der Waals surface area contributed by atoms with Crippen molar-refractivity contribution >= 4 is 28.8 Å². The highest BCUT2D eigenvalue weighted by atomic mass is 35.5. The Kier molecular flexibility index (Phi) is 3.62. The van der Waals surface area contributed by atoms with Crippen molar-refractivity contribution in [2.75, 3.05) is 5.32 Å². The second kappa shape index (κ2) is 5.46. The largest absolute Gasteiger partial charge is 0.319 e. The van der Waals surface area contributed by atoms with Gasteiger partial charge in [-0.1, -0.05) is 17.7 Å². The maximum Gasteiger partial charge on any atom is 0.275 e. The van der Waals surface area contributed by atoms with E-state index in [1.54, 1.807) is 6.20 Å². The molecule has 112 valence electrons. The number of nitrogens with one attached hydrogen (secondary N) is 1. The van der Waals surface area contributed by atoms with Gasteiger partial charge in [-0.2, -0.15) is 0 Å². The van der Waals surface area contributed by atoms with Crippen LogP contribution < -0.4 is 5.32 Å². The second-order valence-corrected chi connectivity index (χ2v) is 5.90. The molecule has 4 nitrogen and oxygen atoms in total. The molecular weight excluding hydrogens is 298 g/mol. The summed E-state index contributed by atoms with van der Waals surface area (Å²) < 4.78 is 1.82. The van der Waals surface area contributed by atoms with Gasteiger partial charge in [0.05, 0.1) is 10.7 Å². The molecule has 3 aromatic rings. The lowest BCUT2D eigenvalue weighted by molar-refractivity contribution is 0.102. The Morgan fingerprint density at radius 3 is 2.68 bits per heavy atom. The Morgan fingerprint density at radius 2 is 1.95 bits per heavy atom. The molecule has 0 spiro atoms. The van der Waals surface area contributed by atoms with E-state index < -0.39 is 0 Å². The topological polar surface area (TPSA) is 46.4 Å². The van der Waals surface area contributed by atoms with E-state index in [-0.39, 0.29) is 5.91 Å². The van der Waals surface area contributed by atoms with Gasteiger partial charge in [-0.15, -0.1) is 0 Å². The van der Waals surface area contributed by atoms with Crippen LogP contribution in [0.2, 0.25) is 5.02 Å². The molecule has 2 aromatic heterocycles. The molecule has 0 aliphatic heterocycles. The molecule has 2 heterocycles. The van der Waals surface area contributed by atoms with Crippen molar-refractivity contribution in [3.63, 3.8) is 0 Å². The lowest BCUT2D eigenvalue weighted by atomic mass is 10.1. The molecule has 0 radical (unpaired) electrons. The Morgan fingerprint density at radius 1 is 1.18 bits per heavy atom. The van der Waals surface area contributed by atoms with Crippen LogP contribution in [0, 0.1) is 20.8 Å². The third kappa shape index (κ3) is 2.70. The second-order valence-electron chi connectivity index (χ2n) is 5.49. The highest BCUT2D eigenvalue weighted by molar-refractivity contribution is 6.34. The predicted octanol–water partition coefficient (Wildman–Crippen LogP) is 4.17. The third-order valence-corrected chi connectivity index (χ3v) is 3.82. The van der Waals surface area contributed by atoms with Gasteiger partial charge in [-0.3, -0.25) is 4.79 Å². The van der Waals surface area contributed by atoms with Crippen LogP contribution in [0.5, 0.6) is 0 Å². The molecule has 0 bridgehead atoms. The fraction of sp³-hybridized carbons (Fsp3) is 0.176. The minimum atomic E-state index is -0.268. The van der Waals surface area contributed by atoms with Crippen LogP contribution in [0.4, 0.5) is 5.69 Å². The van der Waals surface area contributed by atoms with Gasteiger partial charge in [0.25, 0.3) is 5.91 Å². The number of halogens is 1. The fourth-order valence-corrected chi connectivity index (χ4v) is 2.81. The molecule has 3 rings (SSSR count). The summed E-state index contributed by atoms with van der Waals surface area (Å²) in [6.07, 6.45) is 3.60. The van der Waals surface area contributed by atoms with E-state index >= 15 is 0 Å². The van der Waals surface area contributed by atoms with Crippen LogP contribution in [0.3, 0.4) is 0 Å². The van der Waals surface area contributed by atoms with Crippen LogP contribution in [0.25, 0.3) is 5.65 Å². The number of benzene rings is 1. The van der Waals surface area contributed by atoms with Crippen molar-refractivity contribution in [3.8, 4) is 0 Å². The molecule has 5 heteroatoms. The van der Waals surface area contributed by atoms with Gasteiger partial charge >= 0.3 is 0 Å². The predicted molar refractivity (Wildman–Crippen MR) is 88.8 cm³/mol. The number of aromatic nitrogens is 2. The summed E-state index contributed by atoms with van der Waals surface area (Å²) in [5.74, 6) is -0.268. The number of amides is 1. The lowest BCUT2D eigenvalue weighted by Crippen LogP contribution is -2.13. The first kappa shape index (κ1) is 14.6. The summed E-state index contributed by atoms with van der Waals surface area (Å²) in [5, 5.41) is 3.38. The summed E-state index contributed by atoms with van der Waals surface area (Å²) in [7, 11) is 0. The highest BCUT2D eigenvalue weighted by Gasteiger charge is 2.14. The Bertz CT molecular complexity index is 860. The quantitative estimate of drug-likeness (QED) is 0.772. The Labute approximate surface area is 133 Å². The summed E-state index contributed by atoms with van der Waals surface area (Å²) in [6.45, 7) is 5.88. The molecule has 0 aliphatic carbocycles. The monoisotopic (exact) mass is 313 g/mol. The number of rotatable bonds is 2. The lowest BCUT2D eigenvalue weighted by Gasteiger charge is -2.10. The van der Waals surface area contributed by atoms with Gasteiger partial charge in [-0.05, 0) is 55.7 Å². The zero-order valence-electron chi connectivity index (χ0n) is 12.6. The minimum absolute atomic E-state index is 0.268. The number of aryl methyl sites for hydroxylation is 3. The van der Waals surface area contributed by atoms with Crippen LogP contribution >= 0.6 is 11.6 Å². The Hall–Kier alpha value is -2.33. The van der Waals surface area contributed by atoms with Gasteiger partial charge < -0.3 is 9.72 Å². The minimum Gasteiger partial charge on any atom is -0.319 e. The molecule has 22 heavy (non-hydrogen) atoms. The summed E-state index contributed by atoms with van der Waals surface area (Å²) in [6, 6.07) is 7.71. The first-order chi connectivity index (χ1) is 10.4. The standard InChI is InChI=1S/C17H16ClN3O/c1-10-4-5-21-9-14(19-15(21)8-10)17(22)20-16-12(3)6-11(2)7-13(16)18/h4-9H,1-3H3,(H,20,22). The van der Waals surface area contributed by atoms with Crippen molar-refractivity contribution in [1.82, 2.24) is 9.38 Å². The number of pyridine rings is 1. The number of anilines is 1. The highest BCUT2D eigenvalue weighted by Crippen LogP contribution is 2.27. The number of carbonyl (C=O) groups is 1. The maximum atomic E-state index is 12.4. The number of hydrogen-bond donors (Lipinski definition) is 1. The molecule has 0 saturated heterocycles. The summed E-state index contributed by atoms with van der Waals surface area (Å²) in [5.41, 5.74) is 4.83. The van der Waals surface area contributed by atoms with Crippen LogP contribution in [-0.4, -0.2) is 15.3 Å². The van der Waals surface area contributed by atoms with E-state index in [0.717, 1.165) is 22.3 Å². The first-order valence-corrected chi connectivity index (χ1v) is 7.35. The van der Waals surface area contributed by atoms with Crippen molar-refractivity contribution in [3.05, 3.63) is 64.1 Å². The number of imidazole rings is 1. The molecular formula is C17H16ClN3O. The normalized spacial score (nSPS) is 10.9. The fourth-order valence-electron chi connectivity index (χ4n) is 2.44. The van der Waals surface area contributed by atoms with Crippen molar-refractivity contribution in [2.45, 2.75) is 20.8 Å². The zero-order valence-corrected chi connectivity index (χ0v) is 13.4. The molecule has 0 aliphatic rings. The third-order valence-electron chi connectivity index (χ3n) is 3.52. The summed E-state index contributed by atoms with van der Waals surface area (Å²) >= 11 is 6.23. The molecule has 0 unspecified atom stereocenters. The zero-order chi connectivity index (χ0) is 15.9. The van der Waals surface area contributed by atoms with E-state index in [1.807, 2.05) is 55.6 Å². The van der Waals surface area contributed by atoms with Gasteiger partial charge in [0, 0.05) is 12.4 Å². The maximum absolute atomic E-state index is 12.4. The van der Waals surface area contributed by atoms with E-state index in [9.17, 15) is 4.79 Å². The molecule has 1 N–H and O–H groups in total. The van der Waals surface area contributed by atoms with Gasteiger partial charge in [0.2, 0.25) is 0 Å². The van der Waals surface area contributed by atoms with Gasteiger partial charge in [-0.25, -0.2) is 4.98 Å². The van der Waals surface area contributed by atoms with Crippen LogP contribution in [0.1, 0.15) is 27.2 Å². The molecule has 1 amide bonds. The van der Waals surface area contributed by atoms with Crippen molar-refractivity contribution in [1.29, 1.82) is 0 Å². The number of hydrogen-bond acceptors (Lipinski definition) is 2. The molecule has 0 saturated carbocycles. The van der Waals surface area contributed by atoms with Gasteiger partial charge in [0.1, 0.15) is 11.3 Å². The smallest absolute Gasteiger partial charge is 0.275 e. The average molecular weight is 314 g/mol. The molecule has 0 atom stereocenters. The van der Waals surface area contributed by atoms with Crippen molar-refractivity contribution in [2.24, 2.45) is 0 Å². The van der Waals surface area contributed by atoms with Crippen LogP contribution in [-0.2, 0) is 0 Å². The van der Waals surface area contributed by atoms with E-state index in [1.165, 1.54) is 0 Å². The van der Waals surface area contributed by atoms with Crippen molar-refractivity contribution < 1.29 is 4.79 Å². The molecule has 1 aromatic carbocycles. The van der Waals surface area contributed by atoms with Gasteiger partial charge in [0.15, 0.2) is 0 Å². The first-order valence-electron chi connectivity index (χ1n) is 6.97. The SMILES string of the molecule is Cc1cc(C)c(NC(=O)c2cn3ccc(C)cc3n2)c(Cl)c1. The average Bonchev–Trinajstić information content (AvgIpc) is 2.85. The summed E-state index contributed by atoms with van der Waals surface area (Å²) in [4.78, 5) is 16.8. The Balaban J connectivity index is 1.93. The van der Waals surface area contributed by atoms with E-state index in [4.69, 9.17) is 11.6 Å². The number of fused-ring (bicyclic) bond motifs is 1. The number of carbonyl (C=O) groups excluding carboxylic acids is 1. The van der Waals surface area contributed by atoms with Crippen LogP contribution in [0.15, 0.2) is 36.7 Å².